The van der Waals surface area contributed by atoms with Crippen molar-refractivity contribution >= 4 is 0 Å². The standard InChI is InChI=1S/C26H35N3O/c1-3-4-5-6-7-8-9-10-11-14-21-17-20(2)18-24(26(21)30)22-15-12-13-16-23(22)25-19-27-29-28-25/h12-13,15-19,30H,3-11,14H2,1-2H3,(H,27,28,29). The van der Waals surface area contributed by atoms with Crippen molar-refractivity contribution in [1.82, 2.24) is 15.4 Å². The van der Waals surface area contributed by atoms with E-state index in [1.807, 2.05) is 24.3 Å². The lowest BCUT2D eigenvalue weighted by Gasteiger charge is -2.14. The minimum atomic E-state index is 0.399. The smallest absolute Gasteiger partial charge is 0.126 e. The summed E-state index contributed by atoms with van der Waals surface area (Å²) in [6, 6.07) is 12.2. The second kappa shape index (κ2) is 11.5. The van der Waals surface area contributed by atoms with Gasteiger partial charge < -0.3 is 5.11 Å². The Morgan fingerprint density at radius 3 is 2.17 bits per heavy atom. The fraction of sp³-hybridized carbons (Fsp3) is 0.462. The van der Waals surface area contributed by atoms with Gasteiger partial charge in [0.1, 0.15) is 11.4 Å². The van der Waals surface area contributed by atoms with E-state index in [9.17, 15) is 5.11 Å². The lowest BCUT2D eigenvalue weighted by Crippen LogP contribution is -1.93. The molecule has 0 unspecified atom stereocenters. The van der Waals surface area contributed by atoms with Crippen molar-refractivity contribution in [2.24, 2.45) is 0 Å². The van der Waals surface area contributed by atoms with Crippen LogP contribution in [0.25, 0.3) is 22.4 Å². The molecule has 0 atom stereocenters. The third-order valence-electron chi connectivity index (χ3n) is 5.79. The monoisotopic (exact) mass is 405 g/mol. The average Bonchev–Trinajstić information content (AvgIpc) is 3.29. The van der Waals surface area contributed by atoms with Crippen molar-refractivity contribution in [3.63, 3.8) is 0 Å². The zero-order valence-corrected chi connectivity index (χ0v) is 18.5. The lowest BCUT2D eigenvalue weighted by molar-refractivity contribution is 0.467. The highest BCUT2D eigenvalue weighted by atomic mass is 16.3. The summed E-state index contributed by atoms with van der Waals surface area (Å²) < 4.78 is 0. The maximum atomic E-state index is 11.1. The molecule has 0 bridgehead atoms. The molecule has 0 aliphatic rings. The minimum Gasteiger partial charge on any atom is -0.507 e. The molecule has 0 saturated carbocycles. The van der Waals surface area contributed by atoms with Crippen molar-refractivity contribution in [3.8, 4) is 28.1 Å². The Kier molecular flexibility index (Phi) is 8.49. The predicted molar refractivity (Wildman–Crippen MR) is 125 cm³/mol. The number of phenolic OH excluding ortho intramolecular Hbond substituents is 1. The number of benzene rings is 2. The number of hydrogen-bond donors (Lipinski definition) is 2. The van der Waals surface area contributed by atoms with Gasteiger partial charge in [0.15, 0.2) is 0 Å². The van der Waals surface area contributed by atoms with Crippen LogP contribution in [-0.4, -0.2) is 20.5 Å². The molecule has 1 heterocycles. The molecule has 4 heteroatoms. The Balaban J connectivity index is 1.64. The van der Waals surface area contributed by atoms with Crippen molar-refractivity contribution in [2.45, 2.75) is 78.1 Å². The van der Waals surface area contributed by atoms with E-state index < -0.39 is 0 Å². The topological polar surface area (TPSA) is 61.8 Å². The summed E-state index contributed by atoms with van der Waals surface area (Å²) in [6.45, 7) is 4.36. The predicted octanol–water partition coefficient (Wildman–Crippen LogP) is 7.23. The number of hydrogen-bond acceptors (Lipinski definition) is 3. The third-order valence-corrected chi connectivity index (χ3v) is 5.79. The van der Waals surface area contributed by atoms with Crippen LogP contribution in [0.3, 0.4) is 0 Å². The first-order valence-corrected chi connectivity index (χ1v) is 11.5. The molecule has 0 aliphatic carbocycles. The Bertz CT molecular complexity index is 903. The molecule has 3 aromatic rings. The molecule has 160 valence electrons. The van der Waals surface area contributed by atoms with Crippen LogP contribution < -0.4 is 0 Å². The molecule has 30 heavy (non-hydrogen) atoms. The molecular formula is C26H35N3O. The van der Waals surface area contributed by atoms with Crippen LogP contribution in [0.5, 0.6) is 5.75 Å². The Morgan fingerprint density at radius 2 is 1.50 bits per heavy atom. The van der Waals surface area contributed by atoms with Gasteiger partial charge >= 0.3 is 0 Å². The largest absolute Gasteiger partial charge is 0.507 e. The van der Waals surface area contributed by atoms with Gasteiger partial charge in [-0.05, 0) is 42.5 Å². The highest BCUT2D eigenvalue weighted by Gasteiger charge is 2.15. The number of aromatic nitrogens is 3. The number of nitrogens with zero attached hydrogens (tertiary/aromatic N) is 2. The van der Waals surface area contributed by atoms with E-state index in [-0.39, 0.29) is 0 Å². The summed E-state index contributed by atoms with van der Waals surface area (Å²) in [5.41, 5.74) is 5.83. The fourth-order valence-electron chi connectivity index (χ4n) is 4.15. The number of rotatable bonds is 12. The highest BCUT2D eigenvalue weighted by molar-refractivity contribution is 5.85. The number of H-pyrrole nitrogens is 1. The molecule has 0 fully saturated rings. The molecule has 4 nitrogen and oxygen atoms in total. The van der Waals surface area contributed by atoms with Gasteiger partial charge in [0, 0.05) is 11.1 Å². The van der Waals surface area contributed by atoms with Crippen molar-refractivity contribution in [3.05, 3.63) is 53.7 Å². The zero-order chi connectivity index (χ0) is 21.2. The van der Waals surface area contributed by atoms with E-state index in [2.05, 4.69) is 41.4 Å². The summed E-state index contributed by atoms with van der Waals surface area (Å²) >= 11 is 0. The maximum Gasteiger partial charge on any atom is 0.126 e. The molecule has 0 saturated heterocycles. The molecule has 3 rings (SSSR count). The summed E-state index contributed by atoms with van der Waals surface area (Å²) in [5, 5.41) is 21.8. The number of unbranched alkanes of at least 4 members (excludes halogenated alkanes) is 8. The highest BCUT2D eigenvalue weighted by Crippen LogP contribution is 2.39. The first kappa shape index (κ1) is 22.1. The second-order valence-electron chi connectivity index (χ2n) is 8.30. The van der Waals surface area contributed by atoms with E-state index in [4.69, 9.17) is 0 Å². The van der Waals surface area contributed by atoms with Crippen LogP contribution in [0.2, 0.25) is 0 Å². The Hall–Kier alpha value is -2.62. The first-order valence-electron chi connectivity index (χ1n) is 11.5. The molecule has 2 aromatic carbocycles. The van der Waals surface area contributed by atoms with E-state index in [0.717, 1.165) is 40.8 Å². The summed E-state index contributed by atoms with van der Waals surface area (Å²) in [5.74, 6) is 0.399. The first-order chi connectivity index (χ1) is 14.7. The van der Waals surface area contributed by atoms with Crippen molar-refractivity contribution < 1.29 is 5.11 Å². The average molecular weight is 406 g/mol. The molecule has 0 amide bonds. The fourth-order valence-corrected chi connectivity index (χ4v) is 4.15. The summed E-state index contributed by atoms with van der Waals surface area (Å²) in [4.78, 5) is 0. The molecule has 1 aromatic heterocycles. The molecule has 0 spiro atoms. The number of phenols is 1. The van der Waals surface area contributed by atoms with Crippen LogP contribution >= 0.6 is 0 Å². The summed E-state index contributed by atoms with van der Waals surface area (Å²) in [6.07, 6.45) is 14.5. The van der Waals surface area contributed by atoms with Crippen molar-refractivity contribution in [2.75, 3.05) is 0 Å². The van der Waals surface area contributed by atoms with Gasteiger partial charge in [-0.15, -0.1) is 5.10 Å². The van der Waals surface area contributed by atoms with Crippen LogP contribution in [0.4, 0.5) is 0 Å². The van der Waals surface area contributed by atoms with Gasteiger partial charge in [0.25, 0.3) is 0 Å². The zero-order valence-electron chi connectivity index (χ0n) is 18.5. The van der Waals surface area contributed by atoms with E-state index in [0.29, 0.717) is 5.75 Å². The van der Waals surface area contributed by atoms with E-state index in [1.54, 1.807) is 6.20 Å². The number of nitrogens with one attached hydrogen (secondary N) is 1. The van der Waals surface area contributed by atoms with Gasteiger partial charge in [-0.3, -0.25) is 5.10 Å². The number of aryl methyl sites for hydroxylation is 2. The Morgan fingerprint density at radius 1 is 0.833 bits per heavy atom. The second-order valence-corrected chi connectivity index (χ2v) is 8.30. The van der Waals surface area contributed by atoms with Crippen LogP contribution in [0.15, 0.2) is 42.6 Å². The lowest BCUT2D eigenvalue weighted by atomic mass is 9.92. The van der Waals surface area contributed by atoms with Gasteiger partial charge in [0.2, 0.25) is 0 Å². The van der Waals surface area contributed by atoms with Crippen molar-refractivity contribution in [1.29, 1.82) is 0 Å². The van der Waals surface area contributed by atoms with E-state index >= 15 is 0 Å². The van der Waals surface area contributed by atoms with Gasteiger partial charge in [0.05, 0.1) is 6.20 Å². The van der Waals surface area contributed by atoms with Crippen LogP contribution in [0.1, 0.15) is 75.8 Å². The molecule has 0 radical (unpaired) electrons. The Labute approximate surface area is 180 Å². The summed E-state index contributed by atoms with van der Waals surface area (Å²) in [7, 11) is 0. The normalized spacial score (nSPS) is 11.1. The van der Waals surface area contributed by atoms with Crippen LogP contribution in [-0.2, 0) is 6.42 Å². The quantitative estimate of drug-likeness (QED) is 0.312. The minimum absolute atomic E-state index is 0.399. The molecule has 0 aliphatic heterocycles. The molecular weight excluding hydrogens is 370 g/mol. The van der Waals surface area contributed by atoms with Gasteiger partial charge in [-0.1, -0.05) is 93.8 Å². The van der Waals surface area contributed by atoms with Gasteiger partial charge in [-0.2, -0.15) is 0 Å². The maximum absolute atomic E-state index is 11.1. The molecule has 2 N–H and O–H groups in total. The van der Waals surface area contributed by atoms with E-state index in [1.165, 1.54) is 56.9 Å². The third kappa shape index (κ3) is 5.94. The van der Waals surface area contributed by atoms with Crippen LogP contribution in [0, 0.1) is 6.92 Å². The SMILES string of the molecule is CCCCCCCCCCCc1cc(C)cc(-c2ccccc2-c2c[nH]nn2)c1O. The van der Waals surface area contributed by atoms with Gasteiger partial charge in [-0.25, -0.2) is 0 Å². The number of aromatic amines is 1. The number of aromatic hydroxyl groups is 1.